The third-order valence-electron chi connectivity index (χ3n) is 3.58. The highest BCUT2D eigenvalue weighted by molar-refractivity contribution is 9.10. The molecule has 0 spiro atoms. The van der Waals surface area contributed by atoms with E-state index in [1.165, 1.54) is 4.88 Å². The second kappa shape index (κ2) is 7.08. The zero-order valence-corrected chi connectivity index (χ0v) is 14.5. The maximum absolute atomic E-state index is 8.90. The van der Waals surface area contributed by atoms with E-state index in [9.17, 15) is 0 Å². The van der Waals surface area contributed by atoms with Crippen molar-refractivity contribution in [3.8, 4) is 6.07 Å². The average Bonchev–Trinajstić information content (AvgIpc) is 2.93. The average molecular weight is 364 g/mol. The monoisotopic (exact) mass is 363 g/mol. The van der Waals surface area contributed by atoms with Crippen LogP contribution in [0.4, 0.5) is 5.69 Å². The smallest absolute Gasteiger partial charge is 0.0991 e. The van der Waals surface area contributed by atoms with Crippen LogP contribution in [0.3, 0.4) is 0 Å². The molecule has 0 bridgehead atoms. The predicted octanol–water partition coefficient (Wildman–Crippen LogP) is 4.30. The molecule has 3 nitrogen and oxygen atoms in total. The summed E-state index contributed by atoms with van der Waals surface area (Å²) in [6.45, 7) is 2.10. The molecule has 0 aliphatic rings. The first-order valence-electron chi connectivity index (χ1n) is 6.79. The first kappa shape index (κ1) is 16.0. The highest BCUT2D eigenvalue weighted by Gasteiger charge is 2.25. The Kier molecular flexibility index (Phi) is 5.40. The summed E-state index contributed by atoms with van der Waals surface area (Å²) in [7, 11) is 2.05. The van der Waals surface area contributed by atoms with Crippen molar-refractivity contribution in [3.63, 3.8) is 0 Å². The van der Waals surface area contributed by atoms with Gasteiger partial charge in [-0.3, -0.25) is 0 Å². The standard InChI is InChI=1S/C16H18BrN3S/c1-3-14(19)16(15-8-12(17)10-21-15)20(2)13-6-4-11(9-18)5-7-13/h4-8,10,14,16H,3,19H2,1-2H3. The lowest BCUT2D eigenvalue weighted by Crippen LogP contribution is -2.38. The molecule has 0 saturated heterocycles. The molecule has 0 saturated carbocycles. The second-order valence-corrected chi connectivity index (χ2v) is 6.81. The minimum absolute atomic E-state index is 0.0520. The fourth-order valence-electron chi connectivity index (χ4n) is 2.33. The van der Waals surface area contributed by atoms with Crippen LogP contribution in [0.1, 0.15) is 29.8 Å². The Bertz CT molecular complexity index is 630. The van der Waals surface area contributed by atoms with Crippen molar-refractivity contribution in [1.29, 1.82) is 5.26 Å². The molecular weight excluding hydrogens is 346 g/mol. The van der Waals surface area contributed by atoms with Gasteiger partial charge in [-0.05, 0) is 52.7 Å². The molecule has 5 heteroatoms. The minimum Gasteiger partial charge on any atom is -0.365 e. The largest absolute Gasteiger partial charge is 0.365 e. The van der Waals surface area contributed by atoms with Crippen LogP contribution in [0, 0.1) is 11.3 Å². The number of rotatable bonds is 5. The van der Waals surface area contributed by atoms with E-state index in [0.29, 0.717) is 5.56 Å². The molecule has 2 N–H and O–H groups in total. The Hall–Kier alpha value is -1.35. The van der Waals surface area contributed by atoms with Crippen LogP contribution in [-0.2, 0) is 0 Å². The van der Waals surface area contributed by atoms with Gasteiger partial charge in [-0.2, -0.15) is 5.26 Å². The van der Waals surface area contributed by atoms with Crippen molar-refractivity contribution >= 4 is 33.0 Å². The van der Waals surface area contributed by atoms with Crippen LogP contribution in [0.2, 0.25) is 0 Å². The molecule has 1 heterocycles. The fraction of sp³-hybridized carbons (Fsp3) is 0.312. The van der Waals surface area contributed by atoms with E-state index in [0.717, 1.165) is 16.6 Å². The Labute approximate surface area is 138 Å². The summed E-state index contributed by atoms with van der Waals surface area (Å²) in [6.07, 6.45) is 0.904. The van der Waals surface area contributed by atoms with E-state index in [-0.39, 0.29) is 12.1 Å². The number of nitrogens with two attached hydrogens (primary N) is 1. The van der Waals surface area contributed by atoms with E-state index in [2.05, 4.69) is 52.3 Å². The van der Waals surface area contributed by atoms with E-state index in [1.807, 2.05) is 24.3 Å². The van der Waals surface area contributed by atoms with Gasteiger partial charge in [-0.25, -0.2) is 0 Å². The van der Waals surface area contributed by atoms with Crippen LogP contribution in [0.15, 0.2) is 40.2 Å². The summed E-state index contributed by atoms with van der Waals surface area (Å²) in [5.41, 5.74) is 8.08. The summed E-state index contributed by atoms with van der Waals surface area (Å²) >= 11 is 5.22. The molecular formula is C16H18BrN3S. The fourth-order valence-corrected chi connectivity index (χ4v) is 3.99. The molecule has 2 atom stereocenters. The Balaban J connectivity index is 2.33. The van der Waals surface area contributed by atoms with Crippen molar-refractivity contribution < 1.29 is 0 Å². The summed E-state index contributed by atoms with van der Waals surface area (Å²) in [5.74, 6) is 0. The van der Waals surface area contributed by atoms with Crippen molar-refractivity contribution in [1.82, 2.24) is 0 Å². The first-order chi connectivity index (χ1) is 10.1. The number of hydrogen-bond donors (Lipinski definition) is 1. The number of anilines is 1. The van der Waals surface area contributed by atoms with E-state index < -0.39 is 0 Å². The van der Waals surface area contributed by atoms with E-state index in [1.54, 1.807) is 11.3 Å². The van der Waals surface area contributed by atoms with Gasteiger partial charge in [0.2, 0.25) is 0 Å². The molecule has 2 unspecified atom stereocenters. The summed E-state index contributed by atoms with van der Waals surface area (Å²) in [6, 6.07) is 12.1. The van der Waals surface area contributed by atoms with Gasteiger partial charge >= 0.3 is 0 Å². The number of nitrogens with zero attached hydrogens (tertiary/aromatic N) is 2. The quantitative estimate of drug-likeness (QED) is 0.861. The van der Waals surface area contributed by atoms with Crippen LogP contribution in [0.25, 0.3) is 0 Å². The Morgan fingerprint density at radius 3 is 2.52 bits per heavy atom. The molecule has 1 aromatic carbocycles. The van der Waals surface area contributed by atoms with Gasteiger partial charge in [0.25, 0.3) is 0 Å². The third kappa shape index (κ3) is 3.65. The molecule has 0 fully saturated rings. The number of nitriles is 1. The third-order valence-corrected chi connectivity index (χ3v) is 5.34. The first-order valence-corrected chi connectivity index (χ1v) is 8.46. The maximum Gasteiger partial charge on any atom is 0.0991 e. The molecule has 1 aromatic heterocycles. The highest BCUT2D eigenvalue weighted by atomic mass is 79.9. The molecule has 0 amide bonds. The maximum atomic E-state index is 8.90. The van der Waals surface area contributed by atoms with Gasteiger partial charge in [0.15, 0.2) is 0 Å². The predicted molar refractivity (Wildman–Crippen MR) is 92.6 cm³/mol. The zero-order chi connectivity index (χ0) is 15.4. The minimum atomic E-state index is 0.0520. The molecule has 2 rings (SSSR count). The highest BCUT2D eigenvalue weighted by Crippen LogP contribution is 2.34. The topological polar surface area (TPSA) is 53.0 Å². The van der Waals surface area contributed by atoms with Gasteiger partial charge < -0.3 is 10.6 Å². The lowest BCUT2D eigenvalue weighted by atomic mass is 10.0. The summed E-state index contributed by atoms with van der Waals surface area (Å²) < 4.78 is 1.09. The van der Waals surface area contributed by atoms with Crippen LogP contribution in [0.5, 0.6) is 0 Å². The molecule has 0 aliphatic heterocycles. The molecule has 110 valence electrons. The number of likely N-dealkylation sites (N-methyl/N-ethyl adjacent to an activating group) is 1. The summed E-state index contributed by atoms with van der Waals surface area (Å²) in [5, 5.41) is 11.0. The summed E-state index contributed by atoms with van der Waals surface area (Å²) in [4.78, 5) is 3.43. The zero-order valence-electron chi connectivity index (χ0n) is 12.1. The van der Waals surface area contributed by atoms with Crippen molar-refractivity contribution in [2.45, 2.75) is 25.4 Å². The van der Waals surface area contributed by atoms with Gasteiger partial charge in [-0.1, -0.05) is 6.92 Å². The molecule has 0 radical (unpaired) electrons. The van der Waals surface area contributed by atoms with Crippen LogP contribution in [-0.4, -0.2) is 13.1 Å². The second-order valence-electron chi connectivity index (χ2n) is 4.95. The van der Waals surface area contributed by atoms with Crippen LogP contribution < -0.4 is 10.6 Å². The Morgan fingerprint density at radius 2 is 2.05 bits per heavy atom. The van der Waals surface area contributed by atoms with E-state index in [4.69, 9.17) is 11.0 Å². The van der Waals surface area contributed by atoms with E-state index >= 15 is 0 Å². The number of hydrogen-bond acceptors (Lipinski definition) is 4. The van der Waals surface area contributed by atoms with Crippen LogP contribution >= 0.6 is 27.3 Å². The Morgan fingerprint density at radius 1 is 1.38 bits per heavy atom. The lowest BCUT2D eigenvalue weighted by molar-refractivity contribution is 0.516. The number of thiophene rings is 1. The van der Waals surface area contributed by atoms with Gasteiger partial charge in [0, 0.05) is 33.5 Å². The van der Waals surface area contributed by atoms with Crippen molar-refractivity contribution in [3.05, 3.63) is 50.6 Å². The SMILES string of the molecule is CCC(N)C(c1cc(Br)cs1)N(C)c1ccc(C#N)cc1. The molecule has 0 aliphatic carbocycles. The van der Waals surface area contributed by atoms with Gasteiger partial charge in [-0.15, -0.1) is 11.3 Å². The number of benzene rings is 1. The number of halogens is 1. The lowest BCUT2D eigenvalue weighted by Gasteiger charge is -2.33. The normalized spacial score (nSPS) is 13.5. The van der Waals surface area contributed by atoms with Gasteiger partial charge in [0.1, 0.15) is 0 Å². The van der Waals surface area contributed by atoms with Crippen molar-refractivity contribution in [2.24, 2.45) is 5.73 Å². The van der Waals surface area contributed by atoms with Crippen molar-refractivity contribution in [2.75, 3.05) is 11.9 Å². The molecule has 2 aromatic rings. The molecule has 21 heavy (non-hydrogen) atoms. The van der Waals surface area contributed by atoms with Gasteiger partial charge in [0.05, 0.1) is 17.7 Å².